The second-order valence-corrected chi connectivity index (χ2v) is 4.61. The third kappa shape index (κ3) is 3.48. The summed E-state index contributed by atoms with van der Waals surface area (Å²) in [5.74, 6) is -0.247. The summed E-state index contributed by atoms with van der Waals surface area (Å²) in [4.78, 5) is 21.5. The maximum absolute atomic E-state index is 11.8. The molecule has 20 heavy (non-hydrogen) atoms. The van der Waals surface area contributed by atoms with E-state index in [1.807, 2.05) is 50.2 Å². The van der Waals surface area contributed by atoms with Crippen molar-refractivity contribution in [1.29, 1.82) is 0 Å². The van der Waals surface area contributed by atoms with E-state index in [-0.39, 0.29) is 0 Å². The Morgan fingerprint density at radius 2 is 1.25 bits per heavy atom. The lowest BCUT2D eigenvalue weighted by Gasteiger charge is -2.07. The zero-order valence-corrected chi connectivity index (χ0v) is 11.6. The molecule has 0 saturated carbocycles. The van der Waals surface area contributed by atoms with Crippen LogP contribution in [0.15, 0.2) is 55.1 Å². The standard InChI is InChI=1S/C17H16O3/c1-12-4-8-15(9-5-12)14(3)19-20-17(18)16-10-6-13(2)7-11-16/h4-11H,3H2,1-2H3. The average molecular weight is 268 g/mol. The highest BCUT2D eigenvalue weighted by atomic mass is 17.2. The first-order chi connectivity index (χ1) is 9.56. The zero-order valence-electron chi connectivity index (χ0n) is 11.6. The number of aryl methyl sites for hydroxylation is 2. The molecular weight excluding hydrogens is 252 g/mol. The van der Waals surface area contributed by atoms with E-state index >= 15 is 0 Å². The Labute approximate surface area is 118 Å². The number of carbonyl (C=O) groups is 1. The molecule has 0 heterocycles. The molecule has 0 aliphatic carbocycles. The van der Waals surface area contributed by atoms with Crippen LogP contribution >= 0.6 is 0 Å². The van der Waals surface area contributed by atoms with Crippen LogP contribution in [0.2, 0.25) is 0 Å². The van der Waals surface area contributed by atoms with Gasteiger partial charge in [-0.05, 0) is 26.0 Å². The highest BCUT2D eigenvalue weighted by Gasteiger charge is 2.10. The van der Waals surface area contributed by atoms with Gasteiger partial charge in [-0.2, -0.15) is 0 Å². The van der Waals surface area contributed by atoms with Gasteiger partial charge in [0.05, 0.1) is 5.56 Å². The molecule has 0 amide bonds. The summed E-state index contributed by atoms with van der Waals surface area (Å²) in [6, 6.07) is 14.6. The molecule has 0 radical (unpaired) electrons. The van der Waals surface area contributed by atoms with Crippen molar-refractivity contribution >= 4 is 11.7 Å². The van der Waals surface area contributed by atoms with Crippen molar-refractivity contribution in [3.63, 3.8) is 0 Å². The summed E-state index contributed by atoms with van der Waals surface area (Å²) in [7, 11) is 0. The van der Waals surface area contributed by atoms with Gasteiger partial charge in [0.15, 0.2) is 5.76 Å². The van der Waals surface area contributed by atoms with Gasteiger partial charge >= 0.3 is 5.97 Å². The molecular formula is C17H16O3. The molecule has 0 N–H and O–H groups in total. The third-order valence-electron chi connectivity index (χ3n) is 2.88. The van der Waals surface area contributed by atoms with Crippen molar-refractivity contribution in [2.75, 3.05) is 0 Å². The lowest BCUT2D eigenvalue weighted by atomic mass is 10.1. The molecule has 2 aromatic carbocycles. The van der Waals surface area contributed by atoms with Crippen LogP contribution in [0.1, 0.15) is 27.0 Å². The monoisotopic (exact) mass is 268 g/mol. The molecule has 0 aromatic heterocycles. The van der Waals surface area contributed by atoms with Crippen molar-refractivity contribution in [3.05, 3.63) is 77.4 Å². The van der Waals surface area contributed by atoms with Crippen molar-refractivity contribution in [3.8, 4) is 0 Å². The fraction of sp³-hybridized carbons (Fsp3) is 0.118. The molecule has 2 aromatic rings. The maximum Gasteiger partial charge on any atom is 0.386 e. The quantitative estimate of drug-likeness (QED) is 0.476. The van der Waals surface area contributed by atoms with Crippen LogP contribution < -0.4 is 0 Å². The van der Waals surface area contributed by atoms with Gasteiger partial charge in [0.25, 0.3) is 0 Å². The van der Waals surface area contributed by atoms with Crippen molar-refractivity contribution in [1.82, 2.24) is 0 Å². The molecule has 3 heteroatoms. The minimum atomic E-state index is -0.543. The molecule has 2 rings (SSSR count). The Kier molecular flexibility index (Phi) is 4.20. The van der Waals surface area contributed by atoms with Crippen LogP contribution in [0.25, 0.3) is 5.76 Å². The number of hydrogen-bond acceptors (Lipinski definition) is 3. The second kappa shape index (κ2) is 6.06. The second-order valence-electron chi connectivity index (χ2n) is 4.61. The predicted octanol–water partition coefficient (Wildman–Crippen LogP) is 4.06. The fourth-order valence-corrected chi connectivity index (χ4v) is 1.61. The lowest BCUT2D eigenvalue weighted by molar-refractivity contribution is -0.176. The van der Waals surface area contributed by atoms with Crippen LogP contribution in [-0.4, -0.2) is 5.97 Å². The Balaban J connectivity index is 1.94. The van der Waals surface area contributed by atoms with Crippen molar-refractivity contribution in [2.45, 2.75) is 13.8 Å². The molecule has 102 valence electrons. The first-order valence-electron chi connectivity index (χ1n) is 6.28. The van der Waals surface area contributed by atoms with E-state index < -0.39 is 5.97 Å². The summed E-state index contributed by atoms with van der Waals surface area (Å²) in [6.07, 6.45) is 0. The normalized spacial score (nSPS) is 9.90. The summed E-state index contributed by atoms with van der Waals surface area (Å²) in [5.41, 5.74) is 3.42. The fourth-order valence-electron chi connectivity index (χ4n) is 1.61. The highest BCUT2D eigenvalue weighted by Crippen LogP contribution is 2.15. The van der Waals surface area contributed by atoms with Crippen LogP contribution in [0.4, 0.5) is 0 Å². The Hall–Kier alpha value is -2.55. The number of carbonyl (C=O) groups excluding carboxylic acids is 1. The lowest BCUT2D eigenvalue weighted by Crippen LogP contribution is -2.05. The first-order valence-corrected chi connectivity index (χ1v) is 6.28. The van der Waals surface area contributed by atoms with E-state index in [2.05, 4.69) is 6.58 Å². The van der Waals surface area contributed by atoms with E-state index in [9.17, 15) is 4.79 Å². The third-order valence-corrected chi connectivity index (χ3v) is 2.88. The van der Waals surface area contributed by atoms with Crippen molar-refractivity contribution in [2.24, 2.45) is 0 Å². The van der Waals surface area contributed by atoms with E-state index in [1.54, 1.807) is 12.1 Å². The van der Waals surface area contributed by atoms with Gasteiger partial charge in [-0.25, -0.2) is 9.68 Å². The summed E-state index contributed by atoms with van der Waals surface area (Å²) in [6.45, 7) is 7.68. The summed E-state index contributed by atoms with van der Waals surface area (Å²) >= 11 is 0. The van der Waals surface area contributed by atoms with E-state index in [0.29, 0.717) is 11.3 Å². The number of benzene rings is 2. The van der Waals surface area contributed by atoms with Gasteiger partial charge in [0, 0.05) is 5.56 Å². The minimum absolute atomic E-state index is 0.297. The molecule has 0 aliphatic heterocycles. The van der Waals surface area contributed by atoms with Gasteiger partial charge in [-0.15, -0.1) is 0 Å². The molecule has 0 fully saturated rings. The van der Waals surface area contributed by atoms with E-state index in [4.69, 9.17) is 9.78 Å². The topological polar surface area (TPSA) is 35.5 Å². The van der Waals surface area contributed by atoms with Crippen LogP contribution in [0, 0.1) is 13.8 Å². The van der Waals surface area contributed by atoms with Crippen LogP contribution in [-0.2, 0) is 9.78 Å². The molecule has 0 saturated heterocycles. The Morgan fingerprint density at radius 1 is 0.800 bits per heavy atom. The molecule has 0 atom stereocenters. The molecule has 0 unspecified atom stereocenters. The van der Waals surface area contributed by atoms with Gasteiger partial charge in [-0.3, -0.25) is 4.89 Å². The molecule has 0 aliphatic rings. The molecule has 0 bridgehead atoms. The largest absolute Gasteiger partial charge is 0.386 e. The van der Waals surface area contributed by atoms with Gasteiger partial charge < -0.3 is 0 Å². The summed E-state index contributed by atoms with van der Waals surface area (Å²) in [5, 5.41) is 0. The molecule has 0 spiro atoms. The SMILES string of the molecule is C=C(OOC(=O)c1ccc(C)cc1)c1ccc(C)cc1. The number of rotatable bonds is 4. The maximum atomic E-state index is 11.8. The van der Waals surface area contributed by atoms with E-state index in [1.165, 1.54) is 0 Å². The average Bonchev–Trinajstić information content (AvgIpc) is 2.46. The van der Waals surface area contributed by atoms with Crippen LogP contribution in [0.3, 0.4) is 0 Å². The summed E-state index contributed by atoms with van der Waals surface area (Å²) < 4.78 is 0. The predicted molar refractivity (Wildman–Crippen MR) is 77.9 cm³/mol. The van der Waals surface area contributed by atoms with E-state index in [0.717, 1.165) is 16.7 Å². The van der Waals surface area contributed by atoms with Crippen molar-refractivity contribution < 1.29 is 14.6 Å². The highest BCUT2D eigenvalue weighted by molar-refractivity contribution is 5.89. The molecule has 3 nitrogen and oxygen atoms in total. The first kappa shape index (κ1) is 13.9. The Morgan fingerprint density at radius 3 is 1.75 bits per heavy atom. The Bertz CT molecular complexity index is 552. The van der Waals surface area contributed by atoms with Crippen LogP contribution in [0.5, 0.6) is 0 Å². The zero-order chi connectivity index (χ0) is 14.5. The van der Waals surface area contributed by atoms with Gasteiger partial charge in [0.2, 0.25) is 0 Å². The van der Waals surface area contributed by atoms with Gasteiger partial charge in [0.1, 0.15) is 0 Å². The smallest absolute Gasteiger partial charge is 0.287 e. The van der Waals surface area contributed by atoms with Gasteiger partial charge in [-0.1, -0.05) is 54.1 Å². The number of hydrogen-bond donors (Lipinski definition) is 0. The minimum Gasteiger partial charge on any atom is -0.287 e.